The van der Waals surface area contributed by atoms with Gasteiger partial charge < -0.3 is 11.1 Å². The molecule has 1 atom stereocenters. The molecule has 2 aromatic rings. The summed E-state index contributed by atoms with van der Waals surface area (Å²) in [6.45, 7) is 1.88. The van der Waals surface area contributed by atoms with Gasteiger partial charge in [0.1, 0.15) is 0 Å². The Morgan fingerprint density at radius 1 is 1.30 bits per heavy atom. The Morgan fingerprint density at radius 2 is 2.00 bits per heavy atom. The molecule has 1 unspecified atom stereocenters. The second-order valence-electron chi connectivity index (χ2n) is 4.20. The van der Waals surface area contributed by atoms with Gasteiger partial charge in [0.25, 0.3) is 5.91 Å². The van der Waals surface area contributed by atoms with E-state index in [1.165, 1.54) is 23.5 Å². The molecule has 0 aliphatic heterocycles. The van der Waals surface area contributed by atoms with Crippen LogP contribution in [0.2, 0.25) is 14.4 Å². The largest absolute Gasteiger partial charge is 0.397 e. The highest BCUT2D eigenvalue weighted by atomic mass is 35.5. The van der Waals surface area contributed by atoms with E-state index in [1.54, 1.807) is 6.07 Å². The highest BCUT2D eigenvalue weighted by Gasteiger charge is 2.15. The number of thiophene rings is 1. The molecule has 0 radical (unpaired) electrons. The summed E-state index contributed by atoms with van der Waals surface area (Å²) in [6.07, 6.45) is 0. The molecule has 106 valence electrons. The van der Waals surface area contributed by atoms with Crippen LogP contribution in [0.4, 0.5) is 5.69 Å². The van der Waals surface area contributed by atoms with Gasteiger partial charge >= 0.3 is 0 Å². The summed E-state index contributed by atoms with van der Waals surface area (Å²) >= 11 is 19.1. The molecule has 0 saturated carbocycles. The zero-order valence-corrected chi connectivity index (χ0v) is 13.5. The summed E-state index contributed by atoms with van der Waals surface area (Å²) in [5.41, 5.74) is 6.33. The maximum Gasteiger partial charge on any atom is 0.251 e. The van der Waals surface area contributed by atoms with Crippen molar-refractivity contribution in [2.45, 2.75) is 13.0 Å². The molecule has 0 saturated heterocycles. The third-order valence-corrected chi connectivity index (χ3v) is 4.92. The topological polar surface area (TPSA) is 55.1 Å². The minimum atomic E-state index is -0.271. The first-order chi connectivity index (χ1) is 9.38. The molecular weight excluding hydrogens is 339 g/mol. The second kappa shape index (κ2) is 6.22. The van der Waals surface area contributed by atoms with Crippen molar-refractivity contribution in [1.29, 1.82) is 0 Å². The van der Waals surface area contributed by atoms with Crippen LogP contribution in [0, 0.1) is 0 Å². The second-order valence-corrected chi connectivity index (χ2v) is 6.73. The zero-order valence-electron chi connectivity index (χ0n) is 10.4. The molecule has 3 N–H and O–H groups in total. The third kappa shape index (κ3) is 3.38. The molecule has 0 aliphatic rings. The van der Waals surface area contributed by atoms with Crippen molar-refractivity contribution in [1.82, 2.24) is 5.32 Å². The summed E-state index contributed by atoms with van der Waals surface area (Å²) in [7, 11) is 0. The predicted molar refractivity (Wildman–Crippen MR) is 86.1 cm³/mol. The molecule has 1 heterocycles. The molecule has 0 spiro atoms. The smallest absolute Gasteiger partial charge is 0.251 e. The maximum atomic E-state index is 12.2. The number of halogens is 3. The predicted octanol–water partition coefficient (Wildman–Crippen LogP) is 4.78. The van der Waals surface area contributed by atoms with Gasteiger partial charge in [-0.25, -0.2) is 0 Å². The quantitative estimate of drug-likeness (QED) is 0.783. The molecule has 0 bridgehead atoms. The van der Waals surface area contributed by atoms with E-state index in [2.05, 4.69) is 5.32 Å². The molecule has 7 heteroatoms. The number of carbonyl (C=O) groups excluding carboxylic acids is 1. The van der Waals surface area contributed by atoms with Gasteiger partial charge in [-0.3, -0.25) is 4.79 Å². The van der Waals surface area contributed by atoms with Crippen LogP contribution in [-0.2, 0) is 0 Å². The van der Waals surface area contributed by atoms with Crippen molar-refractivity contribution in [3.05, 3.63) is 49.1 Å². The van der Waals surface area contributed by atoms with Crippen LogP contribution in [0.15, 0.2) is 24.3 Å². The number of nitrogen functional groups attached to an aromatic ring is 1. The van der Waals surface area contributed by atoms with Crippen molar-refractivity contribution in [3.63, 3.8) is 0 Å². The van der Waals surface area contributed by atoms with E-state index < -0.39 is 0 Å². The number of rotatable bonds is 3. The summed E-state index contributed by atoms with van der Waals surface area (Å²) in [6, 6.07) is 6.50. The summed E-state index contributed by atoms with van der Waals surface area (Å²) in [5, 5.41) is 3.36. The Hall–Kier alpha value is -0.940. The van der Waals surface area contributed by atoms with Crippen LogP contribution in [0.25, 0.3) is 0 Å². The average molecular weight is 350 g/mol. The summed E-state index contributed by atoms with van der Waals surface area (Å²) in [5.74, 6) is -0.271. The van der Waals surface area contributed by atoms with Gasteiger partial charge in [0.2, 0.25) is 0 Å². The SMILES string of the molecule is CC(NC(=O)c1cc(N)c(Cl)c(Cl)c1)c1ccc(Cl)s1. The van der Waals surface area contributed by atoms with E-state index in [-0.39, 0.29) is 27.7 Å². The highest BCUT2D eigenvalue weighted by molar-refractivity contribution is 7.16. The monoisotopic (exact) mass is 348 g/mol. The van der Waals surface area contributed by atoms with Gasteiger partial charge in [0.15, 0.2) is 0 Å². The number of carbonyl (C=O) groups is 1. The van der Waals surface area contributed by atoms with Gasteiger partial charge in [-0.15, -0.1) is 11.3 Å². The average Bonchev–Trinajstić information content (AvgIpc) is 2.82. The lowest BCUT2D eigenvalue weighted by molar-refractivity contribution is 0.0940. The number of benzene rings is 1. The zero-order chi connectivity index (χ0) is 14.9. The first-order valence-electron chi connectivity index (χ1n) is 5.69. The van der Waals surface area contributed by atoms with Gasteiger partial charge in [-0.2, -0.15) is 0 Å². The molecule has 1 aromatic heterocycles. The van der Waals surface area contributed by atoms with Crippen molar-refractivity contribution in [2.75, 3.05) is 5.73 Å². The molecule has 2 rings (SSSR count). The Balaban J connectivity index is 2.16. The molecular formula is C13H11Cl3N2OS. The van der Waals surface area contributed by atoms with Crippen molar-refractivity contribution in [3.8, 4) is 0 Å². The van der Waals surface area contributed by atoms with Crippen molar-refractivity contribution < 1.29 is 4.79 Å². The number of nitrogens with one attached hydrogen (secondary N) is 1. The fourth-order valence-electron chi connectivity index (χ4n) is 1.65. The van der Waals surface area contributed by atoms with Gasteiger partial charge in [0, 0.05) is 10.4 Å². The van der Waals surface area contributed by atoms with Gasteiger partial charge in [0.05, 0.1) is 26.1 Å². The number of amides is 1. The van der Waals surface area contributed by atoms with Crippen molar-refractivity contribution >= 4 is 57.7 Å². The van der Waals surface area contributed by atoms with Crippen LogP contribution in [-0.4, -0.2) is 5.91 Å². The van der Waals surface area contributed by atoms with Crippen LogP contribution in [0.1, 0.15) is 28.2 Å². The van der Waals surface area contributed by atoms with E-state index >= 15 is 0 Å². The number of hydrogen-bond donors (Lipinski definition) is 2. The Kier molecular flexibility index (Phi) is 4.81. The van der Waals surface area contributed by atoms with Crippen LogP contribution in [0.5, 0.6) is 0 Å². The Bertz CT molecular complexity index is 634. The van der Waals surface area contributed by atoms with Crippen LogP contribution in [0.3, 0.4) is 0 Å². The number of anilines is 1. The third-order valence-electron chi connectivity index (χ3n) is 2.69. The standard InChI is InChI=1S/C13H11Cl3N2OS/c1-6(10-2-3-11(15)20-10)18-13(19)7-4-8(14)12(16)9(17)5-7/h2-6H,17H2,1H3,(H,18,19). The molecule has 3 nitrogen and oxygen atoms in total. The lowest BCUT2D eigenvalue weighted by Gasteiger charge is -2.13. The van der Waals surface area contributed by atoms with E-state index in [1.807, 2.05) is 13.0 Å². The van der Waals surface area contributed by atoms with E-state index in [9.17, 15) is 4.79 Å². The molecule has 0 aliphatic carbocycles. The Labute approximate surface area is 135 Å². The normalized spacial score (nSPS) is 12.2. The van der Waals surface area contributed by atoms with E-state index in [4.69, 9.17) is 40.5 Å². The van der Waals surface area contributed by atoms with E-state index in [0.717, 1.165) is 4.88 Å². The minimum Gasteiger partial charge on any atom is -0.397 e. The first kappa shape index (κ1) is 15.4. The maximum absolute atomic E-state index is 12.2. The number of nitrogens with two attached hydrogens (primary N) is 1. The summed E-state index contributed by atoms with van der Waals surface area (Å²) in [4.78, 5) is 13.1. The molecule has 1 amide bonds. The van der Waals surface area contributed by atoms with Crippen LogP contribution >= 0.6 is 46.1 Å². The highest BCUT2D eigenvalue weighted by Crippen LogP contribution is 2.30. The van der Waals surface area contributed by atoms with Crippen molar-refractivity contribution in [2.24, 2.45) is 0 Å². The lowest BCUT2D eigenvalue weighted by atomic mass is 10.1. The molecule has 0 fully saturated rings. The van der Waals surface area contributed by atoms with Gasteiger partial charge in [-0.1, -0.05) is 34.8 Å². The first-order valence-corrected chi connectivity index (χ1v) is 7.64. The van der Waals surface area contributed by atoms with Crippen LogP contribution < -0.4 is 11.1 Å². The number of hydrogen-bond acceptors (Lipinski definition) is 3. The summed E-state index contributed by atoms with van der Waals surface area (Å²) < 4.78 is 0.680. The Morgan fingerprint density at radius 3 is 2.55 bits per heavy atom. The van der Waals surface area contributed by atoms with Gasteiger partial charge in [-0.05, 0) is 31.2 Å². The fourth-order valence-corrected chi connectivity index (χ4v) is 3.05. The van der Waals surface area contributed by atoms with E-state index in [0.29, 0.717) is 9.90 Å². The molecule has 20 heavy (non-hydrogen) atoms. The molecule has 1 aromatic carbocycles. The minimum absolute atomic E-state index is 0.157. The fraction of sp³-hybridized carbons (Fsp3) is 0.154. The lowest BCUT2D eigenvalue weighted by Crippen LogP contribution is -2.26.